The zero-order chi connectivity index (χ0) is 13.8. The first-order valence-electron chi connectivity index (χ1n) is 6.44. The Labute approximate surface area is 110 Å². The lowest BCUT2D eigenvalue weighted by Gasteiger charge is -2.05. The molecule has 0 amide bonds. The van der Waals surface area contributed by atoms with Crippen molar-refractivity contribution in [2.24, 2.45) is 0 Å². The number of hydrogen-bond donors (Lipinski definition) is 1. The van der Waals surface area contributed by atoms with Crippen molar-refractivity contribution in [1.29, 1.82) is 0 Å². The highest BCUT2D eigenvalue weighted by Gasteiger charge is 2.20. The van der Waals surface area contributed by atoms with Gasteiger partial charge in [-0.2, -0.15) is 5.10 Å². The normalized spacial score (nSPS) is 12.3. The first kappa shape index (κ1) is 15.2. The summed E-state index contributed by atoms with van der Waals surface area (Å²) in [6.45, 7) is 8.24. The van der Waals surface area contributed by atoms with Crippen LogP contribution in [0.15, 0.2) is 11.1 Å². The zero-order valence-electron chi connectivity index (χ0n) is 11.6. The van der Waals surface area contributed by atoms with Crippen LogP contribution in [-0.2, 0) is 10.0 Å². The largest absolute Gasteiger partial charge is 0.269 e. The molecule has 0 aliphatic rings. The maximum atomic E-state index is 12.1. The van der Waals surface area contributed by atoms with Gasteiger partial charge in [-0.3, -0.25) is 4.68 Å². The highest BCUT2D eigenvalue weighted by atomic mass is 32.2. The minimum absolute atomic E-state index is 0.160. The summed E-state index contributed by atoms with van der Waals surface area (Å²) >= 11 is 0. The van der Waals surface area contributed by atoms with Gasteiger partial charge in [0.25, 0.3) is 0 Å². The van der Waals surface area contributed by atoms with E-state index in [4.69, 9.17) is 0 Å². The molecule has 5 nitrogen and oxygen atoms in total. The van der Waals surface area contributed by atoms with Crippen LogP contribution in [0.1, 0.15) is 51.8 Å². The van der Waals surface area contributed by atoms with E-state index in [0.717, 1.165) is 19.3 Å². The standard InChI is InChI=1S/C12H23N3O2S/c1-5-6-7-8-13-18(16,17)12-9-15(10(2)3)14-11(12)4/h9-10,13H,5-8H2,1-4H3. The topological polar surface area (TPSA) is 64.0 Å². The highest BCUT2D eigenvalue weighted by molar-refractivity contribution is 7.89. The third-order valence-corrected chi connectivity index (χ3v) is 4.33. The molecule has 1 aromatic heterocycles. The van der Waals surface area contributed by atoms with Crippen LogP contribution in [0.25, 0.3) is 0 Å². The monoisotopic (exact) mass is 273 g/mol. The van der Waals surface area contributed by atoms with Crippen LogP contribution in [0.2, 0.25) is 0 Å². The predicted molar refractivity (Wildman–Crippen MR) is 72.1 cm³/mol. The minimum Gasteiger partial charge on any atom is -0.269 e. The summed E-state index contributed by atoms with van der Waals surface area (Å²) in [6, 6.07) is 0.160. The maximum absolute atomic E-state index is 12.1. The van der Waals surface area contributed by atoms with Gasteiger partial charge in [-0.1, -0.05) is 19.8 Å². The van der Waals surface area contributed by atoms with Crippen LogP contribution in [-0.4, -0.2) is 24.7 Å². The van der Waals surface area contributed by atoms with Gasteiger partial charge in [-0.05, 0) is 27.2 Å². The Bertz CT molecular complexity index is 478. The first-order chi connectivity index (χ1) is 8.38. The summed E-state index contributed by atoms with van der Waals surface area (Å²) in [4.78, 5) is 0.285. The van der Waals surface area contributed by atoms with Gasteiger partial charge in [-0.15, -0.1) is 0 Å². The molecule has 1 rings (SSSR count). The molecule has 6 heteroatoms. The van der Waals surface area contributed by atoms with E-state index >= 15 is 0 Å². The fraction of sp³-hybridized carbons (Fsp3) is 0.750. The van der Waals surface area contributed by atoms with Gasteiger partial charge in [0.05, 0.1) is 5.69 Å². The van der Waals surface area contributed by atoms with E-state index in [-0.39, 0.29) is 10.9 Å². The molecule has 0 spiro atoms. The van der Waals surface area contributed by atoms with Crippen LogP contribution in [0.4, 0.5) is 0 Å². The molecule has 0 aromatic carbocycles. The molecular formula is C12H23N3O2S. The lowest BCUT2D eigenvalue weighted by Crippen LogP contribution is -2.25. The number of aromatic nitrogens is 2. The summed E-state index contributed by atoms with van der Waals surface area (Å²) in [5.41, 5.74) is 0.548. The molecule has 0 unspecified atom stereocenters. The molecule has 0 bridgehead atoms. The van der Waals surface area contributed by atoms with E-state index < -0.39 is 10.0 Å². The molecular weight excluding hydrogens is 250 g/mol. The van der Waals surface area contributed by atoms with Gasteiger partial charge in [0, 0.05) is 18.8 Å². The molecule has 0 aliphatic heterocycles. The second-order valence-corrected chi connectivity index (χ2v) is 6.49. The highest BCUT2D eigenvalue weighted by Crippen LogP contribution is 2.15. The van der Waals surface area contributed by atoms with Crippen LogP contribution in [0, 0.1) is 6.92 Å². The van der Waals surface area contributed by atoms with Crippen molar-refractivity contribution in [2.75, 3.05) is 6.54 Å². The Hall–Kier alpha value is -0.880. The lowest BCUT2D eigenvalue weighted by atomic mass is 10.3. The summed E-state index contributed by atoms with van der Waals surface area (Å²) in [6.07, 6.45) is 4.58. The number of nitrogens with zero attached hydrogens (tertiary/aromatic N) is 2. The minimum atomic E-state index is -3.42. The summed E-state index contributed by atoms with van der Waals surface area (Å²) in [5.74, 6) is 0. The first-order valence-corrected chi connectivity index (χ1v) is 7.92. The third-order valence-electron chi connectivity index (χ3n) is 2.76. The quantitative estimate of drug-likeness (QED) is 0.775. The molecule has 0 saturated heterocycles. The number of sulfonamides is 1. The van der Waals surface area contributed by atoms with Crippen molar-refractivity contribution < 1.29 is 8.42 Å². The molecule has 0 saturated carbocycles. The van der Waals surface area contributed by atoms with E-state index in [1.54, 1.807) is 17.8 Å². The van der Waals surface area contributed by atoms with Gasteiger partial charge in [-0.25, -0.2) is 13.1 Å². The van der Waals surface area contributed by atoms with E-state index in [1.807, 2.05) is 13.8 Å². The molecule has 0 aliphatic carbocycles. The number of aryl methyl sites for hydroxylation is 1. The summed E-state index contributed by atoms with van der Waals surface area (Å²) in [7, 11) is -3.42. The Morgan fingerprint density at radius 3 is 2.56 bits per heavy atom. The predicted octanol–water partition coefficient (Wildman–Crippen LogP) is 2.24. The fourth-order valence-corrected chi connectivity index (χ4v) is 2.90. The van der Waals surface area contributed by atoms with Crippen LogP contribution < -0.4 is 4.72 Å². The van der Waals surface area contributed by atoms with Crippen molar-refractivity contribution in [3.63, 3.8) is 0 Å². The number of nitrogens with one attached hydrogen (secondary N) is 1. The third kappa shape index (κ3) is 3.81. The van der Waals surface area contributed by atoms with Gasteiger partial charge in [0.1, 0.15) is 4.90 Å². The Morgan fingerprint density at radius 1 is 1.39 bits per heavy atom. The molecule has 18 heavy (non-hydrogen) atoms. The molecule has 1 aromatic rings. The van der Waals surface area contributed by atoms with Gasteiger partial charge < -0.3 is 0 Å². The van der Waals surface area contributed by atoms with Crippen LogP contribution in [0.5, 0.6) is 0 Å². The van der Waals surface area contributed by atoms with E-state index in [1.165, 1.54) is 0 Å². The number of hydrogen-bond acceptors (Lipinski definition) is 3. The van der Waals surface area contributed by atoms with Gasteiger partial charge in [0.2, 0.25) is 10.0 Å². The van der Waals surface area contributed by atoms with Crippen LogP contribution >= 0.6 is 0 Å². The average molecular weight is 273 g/mol. The molecule has 1 N–H and O–H groups in total. The summed E-state index contributed by atoms with van der Waals surface area (Å²) < 4.78 is 28.5. The molecule has 0 fully saturated rings. The molecule has 1 heterocycles. The van der Waals surface area contributed by atoms with E-state index in [0.29, 0.717) is 12.2 Å². The Balaban J connectivity index is 2.78. The van der Waals surface area contributed by atoms with E-state index in [2.05, 4.69) is 16.7 Å². The second-order valence-electron chi connectivity index (χ2n) is 4.76. The number of unbranched alkanes of at least 4 members (excludes halogenated alkanes) is 2. The van der Waals surface area contributed by atoms with Gasteiger partial charge >= 0.3 is 0 Å². The van der Waals surface area contributed by atoms with Crippen LogP contribution in [0.3, 0.4) is 0 Å². The second kappa shape index (κ2) is 6.33. The average Bonchev–Trinajstić information content (AvgIpc) is 2.68. The molecule has 104 valence electrons. The van der Waals surface area contributed by atoms with Crippen molar-refractivity contribution in [3.8, 4) is 0 Å². The maximum Gasteiger partial charge on any atom is 0.243 e. The molecule has 0 radical (unpaired) electrons. The van der Waals surface area contributed by atoms with E-state index in [9.17, 15) is 8.42 Å². The zero-order valence-corrected chi connectivity index (χ0v) is 12.4. The van der Waals surface area contributed by atoms with Crippen molar-refractivity contribution in [3.05, 3.63) is 11.9 Å². The smallest absolute Gasteiger partial charge is 0.243 e. The van der Waals surface area contributed by atoms with Crippen molar-refractivity contribution in [2.45, 2.75) is 57.9 Å². The summed E-state index contributed by atoms with van der Waals surface area (Å²) in [5, 5.41) is 4.22. The molecule has 0 atom stereocenters. The Morgan fingerprint density at radius 2 is 2.06 bits per heavy atom. The van der Waals surface area contributed by atoms with Gasteiger partial charge in [0.15, 0.2) is 0 Å². The SMILES string of the molecule is CCCCCNS(=O)(=O)c1cn(C(C)C)nc1C. The Kier molecular flexibility index (Phi) is 5.34. The van der Waals surface area contributed by atoms with Crippen molar-refractivity contribution >= 4 is 10.0 Å². The lowest BCUT2D eigenvalue weighted by molar-refractivity contribution is 0.528. The fourth-order valence-electron chi connectivity index (χ4n) is 1.65. The number of rotatable bonds is 7. The van der Waals surface area contributed by atoms with Crippen molar-refractivity contribution in [1.82, 2.24) is 14.5 Å².